The van der Waals surface area contributed by atoms with Crippen LogP contribution in [-0.2, 0) is 14.3 Å². The van der Waals surface area contributed by atoms with Crippen LogP contribution in [0.3, 0.4) is 0 Å². The standard InChI is InChI=1S/C14H21NO3S3/c1-4-10-20-13(19)21-14(3,11-15)7-6-12(16)18-9-8-17-5-2/h5H,2,4,6-10H2,1,3H3. The molecule has 0 spiro atoms. The Bertz CT molecular complexity index is 395. The quantitative estimate of drug-likeness (QED) is 0.257. The van der Waals surface area contributed by atoms with E-state index in [1.54, 1.807) is 18.7 Å². The maximum Gasteiger partial charge on any atom is 0.305 e. The highest BCUT2D eigenvalue weighted by Crippen LogP contribution is 2.34. The number of rotatable bonds is 10. The zero-order valence-corrected chi connectivity index (χ0v) is 14.9. The number of hydrogen-bond acceptors (Lipinski definition) is 7. The molecule has 0 rings (SSSR count). The van der Waals surface area contributed by atoms with E-state index in [1.165, 1.54) is 18.0 Å². The lowest BCUT2D eigenvalue weighted by Gasteiger charge is -2.20. The minimum atomic E-state index is -0.700. The fourth-order valence-electron chi connectivity index (χ4n) is 1.23. The monoisotopic (exact) mass is 347 g/mol. The molecular weight excluding hydrogens is 326 g/mol. The lowest BCUT2D eigenvalue weighted by molar-refractivity contribution is -0.144. The SMILES string of the molecule is C=COCCOC(=O)CCC(C)(C#N)SC(=S)SCCC. The third-order valence-corrected chi connectivity index (χ3v) is 5.33. The summed E-state index contributed by atoms with van der Waals surface area (Å²) in [6.07, 6.45) is 2.92. The predicted octanol–water partition coefficient (Wildman–Crippen LogP) is 3.91. The van der Waals surface area contributed by atoms with E-state index in [9.17, 15) is 10.1 Å². The summed E-state index contributed by atoms with van der Waals surface area (Å²) in [6.45, 7) is 7.74. The molecule has 21 heavy (non-hydrogen) atoms. The second kappa shape index (κ2) is 11.9. The number of nitriles is 1. The fourth-order valence-corrected chi connectivity index (χ4v) is 4.06. The molecule has 0 aromatic carbocycles. The summed E-state index contributed by atoms with van der Waals surface area (Å²) in [6, 6.07) is 2.23. The first-order chi connectivity index (χ1) is 9.97. The first-order valence-electron chi connectivity index (χ1n) is 6.62. The van der Waals surface area contributed by atoms with Gasteiger partial charge < -0.3 is 9.47 Å². The van der Waals surface area contributed by atoms with Crippen molar-refractivity contribution >= 4 is 45.2 Å². The van der Waals surface area contributed by atoms with Crippen LogP contribution in [0.2, 0.25) is 0 Å². The van der Waals surface area contributed by atoms with Crippen molar-refractivity contribution in [2.75, 3.05) is 19.0 Å². The average molecular weight is 348 g/mol. The molecule has 0 amide bonds. The van der Waals surface area contributed by atoms with Gasteiger partial charge in [-0.05, 0) is 25.5 Å². The van der Waals surface area contributed by atoms with Crippen LogP contribution >= 0.6 is 35.7 Å². The van der Waals surface area contributed by atoms with Crippen LogP contribution in [0, 0.1) is 11.3 Å². The van der Waals surface area contributed by atoms with Crippen LogP contribution in [0.1, 0.15) is 33.1 Å². The van der Waals surface area contributed by atoms with E-state index < -0.39 is 4.75 Å². The number of thioether (sulfide) groups is 2. The molecule has 0 aliphatic rings. The van der Waals surface area contributed by atoms with Gasteiger partial charge >= 0.3 is 5.97 Å². The van der Waals surface area contributed by atoms with Gasteiger partial charge in [0.1, 0.15) is 21.5 Å². The molecule has 0 bridgehead atoms. The zero-order valence-electron chi connectivity index (χ0n) is 12.4. The number of carbonyl (C=O) groups excluding carboxylic acids is 1. The summed E-state index contributed by atoms with van der Waals surface area (Å²) in [4.78, 5) is 11.6. The van der Waals surface area contributed by atoms with Crippen LogP contribution in [0.4, 0.5) is 0 Å². The Kier molecular flexibility index (Phi) is 11.5. The lowest BCUT2D eigenvalue weighted by Crippen LogP contribution is -2.21. The number of carbonyl (C=O) groups is 1. The summed E-state index contributed by atoms with van der Waals surface area (Å²) in [5.74, 6) is 0.607. The van der Waals surface area contributed by atoms with Gasteiger partial charge in [0.15, 0.2) is 0 Å². The number of hydrogen-bond donors (Lipinski definition) is 0. The van der Waals surface area contributed by atoms with E-state index in [0.29, 0.717) is 6.42 Å². The van der Waals surface area contributed by atoms with Crippen LogP contribution in [0.5, 0.6) is 0 Å². The van der Waals surface area contributed by atoms with Gasteiger partial charge in [-0.3, -0.25) is 4.79 Å². The Hall–Kier alpha value is -0.710. The third-order valence-electron chi connectivity index (χ3n) is 2.36. The summed E-state index contributed by atoms with van der Waals surface area (Å²) in [5, 5.41) is 9.30. The molecular formula is C14H21NO3S3. The second-order valence-corrected chi connectivity index (χ2v) is 8.10. The van der Waals surface area contributed by atoms with E-state index in [-0.39, 0.29) is 25.6 Å². The number of nitrogens with zero attached hydrogens (tertiary/aromatic N) is 1. The second-order valence-electron chi connectivity index (χ2n) is 4.30. The van der Waals surface area contributed by atoms with Gasteiger partial charge in [0.25, 0.3) is 0 Å². The van der Waals surface area contributed by atoms with Gasteiger partial charge in [0.05, 0.1) is 12.3 Å². The molecule has 0 aliphatic carbocycles. The Balaban J connectivity index is 4.11. The smallest absolute Gasteiger partial charge is 0.305 e. The van der Waals surface area contributed by atoms with Crippen molar-refractivity contribution < 1.29 is 14.3 Å². The molecule has 0 heterocycles. The molecule has 7 heteroatoms. The van der Waals surface area contributed by atoms with Gasteiger partial charge in [-0.15, -0.1) is 11.8 Å². The molecule has 0 radical (unpaired) electrons. The molecule has 0 aromatic rings. The van der Waals surface area contributed by atoms with E-state index in [1.807, 2.05) is 0 Å². The topological polar surface area (TPSA) is 59.3 Å². The molecule has 0 saturated heterocycles. The summed E-state index contributed by atoms with van der Waals surface area (Å²) in [7, 11) is 0. The Morgan fingerprint density at radius 2 is 2.24 bits per heavy atom. The molecule has 0 N–H and O–H groups in total. The predicted molar refractivity (Wildman–Crippen MR) is 93.3 cm³/mol. The molecule has 0 aliphatic heterocycles. The largest absolute Gasteiger partial charge is 0.498 e. The molecule has 4 nitrogen and oxygen atoms in total. The van der Waals surface area contributed by atoms with Crippen LogP contribution in [-0.4, -0.2) is 33.2 Å². The molecule has 0 aromatic heterocycles. The normalized spacial score (nSPS) is 12.8. The first kappa shape index (κ1) is 20.3. The first-order valence-corrected chi connectivity index (χ1v) is 8.83. The molecule has 0 fully saturated rings. The Labute approximate surface area is 140 Å². The van der Waals surface area contributed by atoms with E-state index in [2.05, 4.69) is 19.6 Å². The highest BCUT2D eigenvalue weighted by Gasteiger charge is 2.28. The summed E-state index contributed by atoms with van der Waals surface area (Å²) < 4.78 is 9.88. The van der Waals surface area contributed by atoms with Crippen LogP contribution < -0.4 is 0 Å². The average Bonchev–Trinajstić information content (AvgIpc) is 2.47. The Morgan fingerprint density at radius 1 is 1.52 bits per heavy atom. The lowest BCUT2D eigenvalue weighted by atomic mass is 10.1. The molecule has 1 atom stereocenters. The minimum Gasteiger partial charge on any atom is -0.498 e. The van der Waals surface area contributed by atoms with Gasteiger partial charge in [-0.25, -0.2) is 0 Å². The van der Waals surface area contributed by atoms with Crippen molar-refractivity contribution in [1.82, 2.24) is 0 Å². The van der Waals surface area contributed by atoms with E-state index >= 15 is 0 Å². The van der Waals surface area contributed by atoms with Crippen molar-refractivity contribution in [3.8, 4) is 6.07 Å². The van der Waals surface area contributed by atoms with E-state index in [0.717, 1.165) is 15.7 Å². The molecule has 118 valence electrons. The maximum absolute atomic E-state index is 11.6. The van der Waals surface area contributed by atoms with Gasteiger partial charge in [-0.2, -0.15) is 5.26 Å². The third kappa shape index (κ3) is 10.6. The Morgan fingerprint density at radius 3 is 2.81 bits per heavy atom. The van der Waals surface area contributed by atoms with Crippen molar-refractivity contribution in [3.05, 3.63) is 12.8 Å². The highest BCUT2D eigenvalue weighted by atomic mass is 32.2. The van der Waals surface area contributed by atoms with Gasteiger partial charge in [0, 0.05) is 6.42 Å². The van der Waals surface area contributed by atoms with Gasteiger partial charge in [0.2, 0.25) is 0 Å². The molecule has 0 saturated carbocycles. The number of esters is 1. The minimum absolute atomic E-state index is 0.187. The summed E-state index contributed by atoms with van der Waals surface area (Å²) in [5.41, 5.74) is 0. The van der Waals surface area contributed by atoms with Crippen molar-refractivity contribution in [2.45, 2.75) is 37.9 Å². The van der Waals surface area contributed by atoms with Crippen LogP contribution in [0.25, 0.3) is 0 Å². The summed E-state index contributed by atoms with van der Waals surface area (Å²) >= 11 is 8.17. The highest BCUT2D eigenvalue weighted by molar-refractivity contribution is 8.47. The van der Waals surface area contributed by atoms with Crippen molar-refractivity contribution in [3.63, 3.8) is 0 Å². The van der Waals surface area contributed by atoms with E-state index in [4.69, 9.17) is 21.7 Å². The van der Waals surface area contributed by atoms with Crippen LogP contribution in [0.15, 0.2) is 12.8 Å². The molecule has 1 unspecified atom stereocenters. The number of ether oxygens (including phenoxy) is 2. The number of thiocarbonyl (C=S) groups is 1. The van der Waals surface area contributed by atoms with Crippen molar-refractivity contribution in [2.24, 2.45) is 0 Å². The fraction of sp³-hybridized carbons (Fsp3) is 0.643. The zero-order chi connectivity index (χ0) is 16.1. The maximum atomic E-state index is 11.6. The van der Waals surface area contributed by atoms with Crippen molar-refractivity contribution in [1.29, 1.82) is 5.26 Å². The van der Waals surface area contributed by atoms with Gasteiger partial charge in [-0.1, -0.05) is 37.5 Å².